The van der Waals surface area contributed by atoms with Gasteiger partial charge in [0.05, 0.1) is 18.1 Å². The van der Waals surface area contributed by atoms with Crippen LogP contribution in [-0.4, -0.2) is 44.8 Å². The number of hydrogen-bond acceptors (Lipinski definition) is 4. The first kappa shape index (κ1) is 22.6. The summed E-state index contributed by atoms with van der Waals surface area (Å²) < 4.78 is 2.70. The molecular weight excluding hydrogens is 482 g/mol. The summed E-state index contributed by atoms with van der Waals surface area (Å²) in [7, 11) is 0. The van der Waals surface area contributed by atoms with Gasteiger partial charge in [-0.3, -0.25) is 4.79 Å². The highest BCUT2D eigenvalue weighted by Crippen LogP contribution is 2.23. The zero-order valence-corrected chi connectivity index (χ0v) is 18.8. The molecule has 0 fully saturated rings. The van der Waals surface area contributed by atoms with Crippen molar-refractivity contribution in [2.45, 2.75) is 6.42 Å². The van der Waals surface area contributed by atoms with E-state index >= 15 is 0 Å². The summed E-state index contributed by atoms with van der Waals surface area (Å²) in [6.07, 6.45) is 6.41. The quantitative estimate of drug-likeness (QED) is 0.204. The average Bonchev–Trinajstić information content (AvgIpc) is 3.36. The Bertz CT molecular complexity index is 1080. The van der Waals surface area contributed by atoms with Gasteiger partial charge in [0.15, 0.2) is 0 Å². The Hall–Kier alpha value is -3.13. The predicted octanol–water partition coefficient (Wildman–Crippen LogP) is 5.51. The fourth-order valence-electron chi connectivity index (χ4n) is 2.98. The van der Waals surface area contributed by atoms with E-state index in [4.69, 9.17) is 17.1 Å². The highest BCUT2D eigenvalue weighted by atomic mass is 79.9. The largest absolute Gasteiger partial charge is 0.338 e. The van der Waals surface area contributed by atoms with Crippen LogP contribution in [0.5, 0.6) is 0 Å². The third-order valence-corrected chi connectivity index (χ3v) is 5.35. The van der Waals surface area contributed by atoms with Gasteiger partial charge in [-0.1, -0.05) is 56.6 Å². The molecule has 158 valence electrons. The van der Waals surface area contributed by atoms with Gasteiger partial charge in [0.2, 0.25) is 5.91 Å². The number of halogens is 2. The number of nitrogens with zero attached hydrogens (tertiary/aromatic N) is 7. The molecule has 1 aliphatic heterocycles. The Morgan fingerprint density at radius 3 is 2.48 bits per heavy atom. The van der Waals surface area contributed by atoms with E-state index in [0.717, 1.165) is 23.1 Å². The van der Waals surface area contributed by atoms with Gasteiger partial charge in [-0.05, 0) is 47.4 Å². The predicted molar refractivity (Wildman–Crippen MR) is 124 cm³/mol. The molecule has 2 aromatic carbocycles. The molecular formula is C21H19BrClN7O. The SMILES string of the molecule is O=C(CCl)N1CC=C(c2ccc(-n3ccnn3)cc2)CC1.[N-]=[N+]=Nc1ccc(Br)cc1. The highest BCUT2D eigenvalue weighted by Gasteiger charge is 2.16. The number of carbonyl (C=O) groups excluding carboxylic acids is 1. The summed E-state index contributed by atoms with van der Waals surface area (Å²) in [6.45, 7) is 1.36. The van der Waals surface area contributed by atoms with Crippen LogP contribution in [-0.2, 0) is 4.79 Å². The maximum atomic E-state index is 11.5. The molecule has 3 aromatic rings. The van der Waals surface area contributed by atoms with E-state index in [2.05, 4.69) is 54.5 Å². The second-order valence-corrected chi connectivity index (χ2v) is 7.70. The summed E-state index contributed by atoms with van der Waals surface area (Å²) in [5, 5.41) is 11.2. The van der Waals surface area contributed by atoms with Crippen molar-refractivity contribution in [2.75, 3.05) is 19.0 Å². The van der Waals surface area contributed by atoms with Gasteiger partial charge in [0, 0.05) is 28.2 Å². The Balaban J connectivity index is 0.000000229. The minimum absolute atomic E-state index is 0.00602. The van der Waals surface area contributed by atoms with Crippen molar-refractivity contribution in [1.82, 2.24) is 19.9 Å². The molecule has 31 heavy (non-hydrogen) atoms. The van der Waals surface area contributed by atoms with Gasteiger partial charge in [-0.2, -0.15) is 0 Å². The summed E-state index contributed by atoms with van der Waals surface area (Å²) in [4.78, 5) is 16.0. The van der Waals surface area contributed by atoms with Crippen molar-refractivity contribution in [1.29, 1.82) is 0 Å². The summed E-state index contributed by atoms with van der Waals surface area (Å²) in [5.74, 6) is 0.0453. The summed E-state index contributed by atoms with van der Waals surface area (Å²) >= 11 is 8.84. The van der Waals surface area contributed by atoms with Crippen LogP contribution in [0.1, 0.15) is 12.0 Å². The lowest BCUT2D eigenvalue weighted by Gasteiger charge is -2.26. The number of aromatic nitrogens is 3. The molecule has 1 amide bonds. The van der Waals surface area contributed by atoms with Crippen molar-refractivity contribution in [3.05, 3.63) is 87.5 Å². The van der Waals surface area contributed by atoms with Crippen LogP contribution in [0.4, 0.5) is 5.69 Å². The standard InChI is InChI=1S/C15H15ClN4O.C6H4BrN3/c16-11-15(21)19-8-5-13(6-9-19)12-1-3-14(4-2-12)20-10-7-17-18-20;7-5-1-3-6(4-2-5)9-10-8/h1-5,7,10H,6,8-9,11H2;1-4H. The molecule has 0 aliphatic carbocycles. The van der Waals surface area contributed by atoms with Crippen LogP contribution >= 0.6 is 27.5 Å². The topological polar surface area (TPSA) is 99.8 Å². The van der Waals surface area contributed by atoms with Gasteiger partial charge in [0.25, 0.3) is 0 Å². The van der Waals surface area contributed by atoms with Gasteiger partial charge < -0.3 is 4.90 Å². The Labute approximate surface area is 192 Å². The monoisotopic (exact) mass is 499 g/mol. The summed E-state index contributed by atoms with van der Waals surface area (Å²) in [6, 6.07) is 15.3. The first-order chi connectivity index (χ1) is 15.1. The number of benzene rings is 2. The molecule has 0 unspecified atom stereocenters. The first-order valence-electron chi connectivity index (χ1n) is 9.41. The lowest BCUT2D eigenvalue weighted by molar-refractivity contribution is -0.128. The Morgan fingerprint density at radius 1 is 1.19 bits per heavy atom. The fourth-order valence-corrected chi connectivity index (χ4v) is 3.41. The Kier molecular flexibility index (Phi) is 8.23. The van der Waals surface area contributed by atoms with Crippen molar-refractivity contribution in [3.8, 4) is 5.69 Å². The molecule has 1 aromatic heterocycles. The normalized spacial score (nSPS) is 12.8. The van der Waals surface area contributed by atoms with E-state index < -0.39 is 0 Å². The minimum atomic E-state index is -0.00602. The second kappa shape index (κ2) is 11.3. The average molecular weight is 501 g/mol. The van der Waals surface area contributed by atoms with Crippen LogP contribution in [0.3, 0.4) is 0 Å². The van der Waals surface area contributed by atoms with E-state index in [9.17, 15) is 4.79 Å². The van der Waals surface area contributed by atoms with Crippen LogP contribution in [0, 0.1) is 0 Å². The molecule has 0 bridgehead atoms. The van der Waals surface area contributed by atoms with E-state index in [1.807, 2.05) is 30.5 Å². The van der Waals surface area contributed by atoms with E-state index in [0.29, 0.717) is 12.2 Å². The van der Waals surface area contributed by atoms with E-state index in [1.165, 1.54) is 11.1 Å². The smallest absolute Gasteiger partial charge is 0.237 e. The van der Waals surface area contributed by atoms with E-state index in [1.54, 1.807) is 27.9 Å². The van der Waals surface area contributed by atoms with Crippen molar-refractivity contribution in [2.24, 2.45) is 5.11 Å². The number of azide groups is 1. The van der Waals surface area contributed by atoms with Crippen LogP contribution in [0.2, 0.25) is 0 Å². The second-order valence-electron chi connectivity index (χ2n) is 6.51. The van der Waals surface area contributed by atoms with Crippen LogP contribution in [0.15, 0.2) is 76.6 Å². The third kappa shape index (κ3) is 6.42. The molecule has 4 rings (SSSR count). The maximum Gasteiger partial charge on any atom is 0.237 e. The van der Waals surface area contributed by atoms with Crippen LogP contribution < -0.4 is 0 Å². The number of carbonyl (C=O) groups is 1. The first-order valence-corrected chi connectivity index (χ1v) is 10.7. The number of hydrogen-bond donors (Lipinski definition) is 0. The zero-order chi connectivity index (χ0) is 22.1. The molecule has 8 nitrogen and oxygen atoms in total. The summed E-state index contributed by atoms with van der Waals surface area (Å²) in [5.41, 5.74) is 12.1. The molecule has 0 atom stereocenters. The third-order valence-electron chi connectivity index (χ3n) is 4.59. The van der Waals surface area contributed by atoms with Gasteiger partial charge >= 0.3 is 0 Å². The van der Waals surface area contributed by atoms with Crippen molar-refractivity contribution < 1.29 is 4.79 Å². The molecule has 0 saturated heterocycles. The number of rotatable bonds is 4. The maximum absolute atomic E-state index is 11.5. The van der Waals surface area contributed by atoms with Gasteiger partial charge in [0.1, 0.15) is 5.88 Å². The van der Waals surface area contributed by atoms with Gasteiger partial charge in [-0.25, -0.2) is 4.68 Å². The zero-order valence-electron chi connectivity index (χ0n) is 16.5. The molecule has 0 saturated carbocycles. The lowest BCUT2D eigenvalue weighted by Crippen LogP contribution is -2.35. The molecule has 2 heterocycles. The van der Waals surface area contributed by atoms with Gasteiger partial charge in [-0.15, -0.1) is 16.7 Å². The molecule has 0 N–H and O–H groups in total. The van der Waals surface area contributed by atoms with E-state index in [-0.39, 0.29) is 11.8 Å². The van der Waals surface area contributed by atoms with Crippen LogP contribution in [0.25, 0.3) is 21.7 Å². The number of alkyl halides is 1. The fraction of sp³-hybridized carbons (Fsp3) is 0.190. The van der Waals surface area contributed by atoms with Crippen molar-refractivity contribution >= 4 is 44.7 Å². The van der Waals surface area contributed by atoms with Crippen molar-refractivity contribution in [3.63, 3.8) is 0 Å². The molecule has 0 radical (unpaired) electrons. The molecule has 0 spiro atoms. The minimum Gasteiger partial charge on any atom is -0.338 e. The highest BCUT2D eigenvalue weighted by molar-refractivity contribution is 9.10. The lowest BCUT2D eigenvalue weighted by atomic mass is 9.99. The number of amides is 1. The molecule has 10 heteroatoms. The molecule has 1 aliphatic rings. The Morgan fingerprint density at radius 2 is 1.94 bits per heavy atom.